The Hall–Kier alpha value is -0.830. The third-order valence-corrected chi connectivity index (χ3v) is 6.10. The first-order valence-electron chi connectivity index (χ1n) is 8.33. The zero-order valence-electron chi connectivity index (χ0n) is 12.6. The Kier molecular flexibility index (Phi) is 2.95. The highest BCUT2D eigenvalue weighted by Crippen LogP contribution is 2.59. The SMILES string of the molecule is CC(C)C(N)c1ncc(C2C3CC4CC(C3)CC2C4)o1. The van der Waals surface area contributed by atoms with E-state index in [1.807, 2.05) is 6.20 Å². The van der Waals surface area contributed by atoms with E-state index in [1.165, 1.54) is 32.1 Å². The minimum atomic E-state index is -0.0689. The molecule has 2 N–H and O–H groups in total. The third-order valence-electron chi connectivity index (χ3n) is 6.10. The van der Waals surface area contributed by atoms with Gasteiger partial charge < -0.3 is 10.2 Å². The van der Waals surface area contributed by atoms with Crippen molar-refractivity contribution in [3.05, 3.63) is 17.8 Å². The quantitative estimate of drug-likeness (QED) is 0.910. The maximum Gasteiger partial charge on any atom is 0.211 e. The van der Waals surface area contributed by atoms with E-state index >= 15 is 0 Å². The van der Waals surface area contributed by atoms with Gasteiger partial charge in [-0.1, -0.05) is 13.8 Å². The summed E-state index contributed by atoms with van der Waals surface area (Å²) in [6.45, 7) is 4.24. The molecule has 0 spiro atoms. The van der Waals surface area contributed by atoms with E-state index in [2.05, 4.69) is 18.8 Å². The van der Waals surface area contributed by atoms with E-state index in [9.17, 15) is 0 Å². The van der Waals surface area contributed by atoms with Gasteiger partial charge in [-0.3, -0.25) is 0 Å². The highest BCUT2D eigenvalue weighted by molar-refractivity contribution is 5.13. The van der Waals surface area contributed by atoms with Crippen molar-refractivity contribution in [3.8, 4) is 0 Å². The van der Waals surface area contributed by atoms with Crippen LogP contribution in [0.25, 0.3) is 0 Å². The van der Waals surface area contributed by atoms with Gasteiger partial charge in [0.1, 0.15) is 5.76 Å². The molecule has 4 bridgehead atoms. The van der Waals surface area contributed by atoms with Crippen LogP contribution >= 0.6 is 0 Å². The van der Waals surface area contributed by atoms with Crippen LogP contribution in [0.1, 0.15) is 69.6 Å². The molecular formula is C17H26N2O. The topological polar surface area (TPSA) is 52.0 Å². The Morgan fingerprint density at radius 2 is 1.70 bits per heavy atom. The zero-order valence-corrected chi connectivity index (χ0v) is 12.6. The highest BCUT2D eigenvalue weighted by atomic mass is 16.4. The summed E-state index contributed by atoms with van der Waals surface area (Å²) in [4.78, 5) is 4.48. The molecule has 20 heavy (non-hydrogen) atoms. The number of hydrogen-bond acceptors (Lipinski definition) is 3. The molecule has 5 rings (SSSR count). The highest BCUT2D eigenvalue weighted by Gasteiger charge is 2.49. The minimum Gasteiger partial charge on any atom is -0.444 e. The molecule has 1 atom stereocenters. The molecule has 1 aromatic rings. The van der Waals surface area contributed by atoms with Crippen molar-refractivity contribution < 1.29 is 4.42 Å². The average Bonchev–Trinajstić information content (AvgIpc) is 2.85. The van der Waals surface area contributed by atoms with Gasteiger partial charge in [0.05, 0.1) is 12.2 Å². The number of nitrogens with zero attached hydrogens (tertiary/aromatic N) is 1. The second kappa shape index (κ2) is 4.59. The first-order valence-corrected chi connectivity index (χ1v) is 8.33. The summed E-state index contributed by atoms with van der Waals surface area (Å²) >= 11 is 0. The first kappa shape index (κ1) is 12.9. The average molecular weight is 274 g/mol. The predicted molar refractivity (Wildman–Crippen MR) is 78.1 cm³/mol. The molecular weight excluding hydrogens is 248 g/mol. The summed E-state index contributed by atoms with van der Waals surface area (Å²) in [7, 11) is 0. The van der Waals surface area contributed by atoms with E-state index in [0.717, 1.165) is 35.3 Å². The van der Waals surface area contributed by atoms with Gasteiger partial charge in [-0.2, -0.15) is 0 Å². The smallest absolute Gasteiger partial charge is 0.211 e. The second-order valence-electron chi connectivity index (χ2n) is 7.83. The van der Waals surface area contributed by atoms with Crippen LogP contribution in [0.4, 0.5) is 0 Å². The lowest BCUT2D eigenvalue weighted by atomic mass is 9.51. The van der Waals surface area contributed by atoms with Gasteiger partial charge in [-0.05, 0) is 61.7 Å². The molecule has 1 unspecified atom stereocenters. The third kappa shape index (κ3) is 1.93. The lowest BCUT2D eigenvalue weighted by Gasteiger charge is -2.53. The van der Waals surface area contributed by atoms with Gasteiger partial charge in [-0.15, -0.1) is 0 Å². The van der Waals surface area contributed by atoms with Gasteiger partial charge in [0, 0.05) is 5.92 Å². The van der Waals surface area contributed by atoms with Crippen molar-refractivity contribution in [1.29, 1.82) is 0 Å². The summed E-state index contributed by atoms with van der Waals surface area (Å²) in [6, 6.07) is -0.0689. The Bertz CT molecular complexity index is 465. The van der Waals surface area contributed by atoms with Crippen LogP contribution in [0.5, 0.6) is 0 Å². The lowest BCUT2D eigenvalue weighted by molar-refractivity contribution is -0.0101. The van der Waals surface area contributed by atoms with Gasteiger partial charge >= 0.3 is 0 Å². The summed E-state index contributed by atoms with van der Waals surface area (Å²) in [5.74, 6) is 6.59. The molecule has 4 saturated carbocycles. The molecule has 4 aliphatic carbocycles. The predicted octanol–water partition coefficient (Wildman–Crippen LogP) is 3.87. The second-order valence-corrected chi connectivity index (χ2v) is 7.83. The van der Waals surface area contributed by atoms with Crippen LogP contribution in [0, 0.1) is 29.6 Å². The molecule has 4 aliphatic rings. The summed E-state index contributed by atoms with van der Waals surface area (Å²) in [5.41, 5.74) is 6.17. The Labute approximate surface area is 121 Å². The molecule has 3 nitrogen and oxygen atoms in total. The monoisotopic (exact) mass is 274 g/mol. The largest absolute Gasteiger partial charge is 0.444 e. The Balaban J connectivity index is 1.59. The number of nitrogens with two attached hydrogens (primary N) is 1. The molecule has 110 valence electrons. The van der Waals surface area contributed by atoms with E-state index in [4.69, 9.17) is 10.2 Å². The Morgan fingerprint density at radius 3 is 2.25 bits per heavy atom. The lowest BCUT2D eigenvalue weighted by Crippen LogP contribution is -2.43. The van der Waals surface area contributed by atoms with Crippen molar-refractivity contribution in [2.45, 2.75) is 57.9 Å². The molecule has 1 heterocycles. The number of aromatic nitrogens is 1. The maximum atomic E-state index is 6.17. The van der Waals surface area contributed by atoms with Crippen molar-refractivity contribution in [2.75, 3.05) is 0 Å². The number of oxazole rings is 1. The van der Waals surface area contributed by atoms with Crippen LogP contribution in [0.15, 0.2) is 10.6 Å². The standard InChI is InChI=1S/C17H26N2O/c1-9(2)16(18)17-19-8-14(20-17)15-12-4-10-3-11(6-12)7-13(15)5-10/h8-13,15-16H,3-7,18H2,1-2H3. The molecule has 1 aromatic heterocycles. The number of hydrogen-bond donors (Lipinski definition) is 1. The van der Waals surface area contributed by atoms with E-state index in [1.54, 1.807) is 0 Å². The van der Waals surface area contributed by atoms with E-state index in [-0.39, 0.29) is 6.04 Å². The molecule has 4 fully saturated rings. The summed E-state index contributed by atoms with van der Waals surface area (Å²) in [6.07, 6.45) is 9.16. The molecule has 0 amide bonds. The molecule has 0 aromatic carbocycles. The molecule has 0 aliphatic heterocycles. The van der Waals surface area contributed by atoms with Crippen LogP contribution < -0.4 is 5.73 Å². The zero-order chi connectivity index (χ0) is 13.9. The Morgan fingerprint density at radius 1 is 1.10 bits per heavy atom. The normalized spacial score (nSPS) is 40.5. The minimum absolute atomic E-state index is 0.0689. The van der Waals surface area contributed by atoms with Crippen LogP contribution in [0.3, 0.4) is 0 Å². The molecule has 0 saturated heterocycles. The van der Waals surface area contributed by atoms with Crippen molar-refractivity contribution >= 4 is 0 Å². The maximum absolute atomic E-state index is 6.17. The van der Waals surface area contributed by atoms with E-state index < -0.39 is 0 Å². The fourth-order valence-corrected chi connectivity index (χ4v) is 5.28. The van der Waals surface area contributed by atoms with Crippen molar-refractivity contribution in [3.63, 3.8) is 0 Å². The molecule has 3 heteroatoms. The first-order chi connectivity index (χ1) is 9.61. The van der Waals surface area contributed by atoms with Crippen molar-refractivity contribution in [2.24, 2.45) is 35.3 Å². The van der Waals surface area contributed by atoms with Crippen LogP contribution in [-0.2, 0) is 0 Å². The van der Waals surface area contributed by atoms with Gasteiger partial charge in [0.2, 0.25) is 5.89 Å². The fraction of sp³-hybridized carbons (Fsp3) is 0.824. The van der Waals surface area contributed by atoms with E-state index in [0.29, 0.717) is 11.8 Å². The van der Waals surface area contributed by atoms with Crippen LogP contribution in [0.2, 0.25) is 0 Å². The summed E-state index contributed by atoms with van der Waals surface area (Å²) < 4.78 is 6.10. The summed E-state index contributed by atoms with van der Waals surface area (Å²) in [5, 5.41) is 0. The van der Waals surface area contributed by atoms with Gasteiger partial charge in [0.15, 0.2) is 0 Å². The number of rotatable bonds is 3. The van der Waals surface area contributed by atoms with Gasteiger partial charge in [-0.25, -0.2) is 4.98 Å². The van der Waals surface area contributed by atoms with Gasteiger partial charge in [0.25, 0.3) is 0 Å². The fourth-order valence-electron chi connectivity index (χ4n) is 5.28. The van der Waals surface area contributed by atoms with Crippen LogP contribution in [-0.4, -0.2) is 4.98 Å². The van der Waals surface area contributed by atoms with Crippen molar-refractivity contribution in [1.82, 2.24) is 4.98 Å². The molecule has 0 radical (unpaired) electrons.